The van der Waals surface area contributed by atoms with Crippen LogP contribution in [0.2, 0.25) is 0 Å². The van der Waals surface area contributed by atoms with E-state index in [9.17, 15) is 13.2 Å². The van der Waals surface area contributed by atoms with Crippen molar-refractivity contribution in [3.8, 4) is 0 Å². The number of H-pyrrole nitrogens is 1. The van der Waals surface area contributed by atoms with Crippen LogP contribution in [0.3, 0.4) is 0 Å². The lowest BCUT2D eigenvalue weighted by molar-refractivity contribution is -0.136. The molecule has 3 nitrogen and oxygen atoms in total. The summed E-state index contributed by atoms with van der Waals surface area (Å²) in [5, 5.41) is 5.88. The van der Waals surface area contributed by atoms with Crippen LogP contribution in [0.25, 0.3) is 10.9 Å². The molecule has 3 N–H and O–H groups in total. The molecule has 0 aliphatic carbocycles. The fourth-order valence-corrected chi connectivity index (χ4v) is 1.33. The van der Waals surface area contributed by atoms with Crippen molar-refractivity contribution in [2.45, 2.75) is 6.18 Å². The van der Waals surface area contributed by atoms with Crippen LogP contribution in [0.5, 0.6) is 0 Å². The lowest BCUT2D eigenvalue weighted by Gasteiger charge is -2.07. The first-order valence-electron chi connectivity index (χ1n) is 3.80. The van der Waals surface area contributed by atoms with E-state index in [1.807, 2.05) is 0 Å². The highest BCUT2D eigenvalue weighted by Gasteiger charge is 2.33. The predicted octanol–water partition coefficient (Wildman–Crippen LogP) is 2.16. The van der Waals surface area contributed by atoms with Gasteiger partial charge >= 0.3 is 6.18 Å². The third-order valence-corrected chi connectivity index (χ3v) is 1.92. The van der Waals surface area contributed by atoms with Gasteiger partial charge in [-0.25, -0.2) is 0 Å². The Hall–Kier alpha value is -1.72. The van der Waals surface area contributed by atoms with E-state index in [-0.39, 0.29) is 16.7 Å². The number of nitrogens with zero attached hydrogens (tertiary/aromatic N) is 1. The lowest BCUT2D eigenvalue weighted by atomic mass is 10.1. The number of rotatable bonds is 0. The van der Waals surface area contributed by atoms with E-state index >= 15 is 0 Å². The van der Waals surface area contributed by atoms with E-state index in [1.54, 1.807) is 0 Å². The van der Waals surface area contributed by atoms with Crippen LogP contribution in [-0.2, 0) is 6.18 Å². The summed E-state index contributed by atoms with van der Waals surface area (Å²) in [6, 6.07) is 3.78. The number of hydrogen-bond donors (Lipinski definition) is 2. The summed E-state index contributed by atoms with van der Waals surface area (Å²) < 4.78 is 37.4. The van der Waals surface area contributed by atoms with Crippen molar-refractivity contribution >= 4 is 16.7 Å². The average Bonchev–Trinajstić information content (AvgIpc) is 2.46. The standard InChI is InChI=1S/C8H6F3N3/c9-8(10,11)4-2-1-3-5-6(4)7(12)14-13-5/h1-3H,(H3,12,13,14). The first kappa shape index (κ1) is 8.86. The van der Waals surface area contributed by atoms with Crippen LogP contribution in [0, 0.1) is 0 Å². The number of hydrogen-bond acceptors (Lipinski definition) is 2. The monoisotopic (exact) mass is 201 g/mol. The number of aromatic nitrogens is 2. The van der Waals surface area contributed by atoms with Crippen molar-refractivity contribution in [2.75, 3.05) is 5.73 Å². The molecule has 0 amide bonds. The largest absolute Gasteiger partial charge is 0.417 e. The summed E-state index contributed by atoms with van der Waals surface area (Å²) in [5.74, 6) is -0.132. The van der Waals surface area contributed by atoms with Gasteiger partial charge in [-0.1, -0.05) is 6.07 Å². The Morgan fingerprint density at radius 3 is 2.64 bits per heavy atom. The van der Waals surface area contributed by atoms with Crippen molar-refractivity contribution in [2.24, 2.45) is 0 Å². The number of benzene rings is 1. The van der Waals surface area contributed by atoms with E-state index in [0.717, 1.165) is 6.07 Å². The first-order valence-corrected chi connectivity index (χ1v) is 3.80. The highest BCUT2D eigenvalue weighted by Crippen LogP contribution is 2.36. The zero-order valence-corrected chi connectivity index (χ0v) is 6.89. The third kappa shape index (κ3) is 1.19. The smallest absolute Gasteiger partial charge is 0.382 e. The Kier molecular flexibility index (Phi) is 1.67. The highest BCUT2D eigenvalue weighted by molar-refractivity contribution is 5.92. The molecule has 2 rings (SSSR count). The normalized spacial score (nSPS) is 12.2. The van der Waals surface area contributed by atoms with Crippen LogP contribution in [0.1, 0.15) is 5.56 Å². The molecule has 0 unspecified atom stereocenters. The molecule has 1 aromatic carbocycles. The molecule has 1 aromatic heterocycles. The molecule has 74 valence electrons. The van der Waals surface area contributed by atoms with Crippen molar-refractivity contribution in [1.82, 2.24) is 10.2 Å². The molecule has 0 radical (unpaired) electrons. The second kappa shape index (κ2) is 2.63. The quantitative estimate of drug-likeness (QED) is 0.686. The van der Waals surface area contributed by atoms with Gasteiger partial charge in [-0.2, -0.15) is 18.3 Å². The fourth-order valence-electron chi connectivity index (χ4n) is 1.33. The molecule has 14 heavy (non-hydrogen) atoms. The van der Waals surface area contributed by atoms with Gasteiger partial charge < -0.3 is 5.73 Å². The minimum Gasteiger partial charge on any atom is -0.382 e. The molecular formula is C8H6F3N3. The first-order chi connectivity index (χ1) is 6.50. The number of nitrogen functional groups attached to an aromatic ring is 1. The van der Waals surface area contributed by atoms with E-state index in [0.29, 0.717) is 0 Å². The van der Waals surface area contributed by atoms with Gasteiger partial charge in [0.2, 0.25) is 0 Å². The summed E-state index contributed by atoms with van der Waals surface area (Å²) in [5.41, 5.74) is 4.86. The van der Waals surface area contributed by atoms with Crippen molar-refractivity contribution < 1.29 is 13.2 Å². The number of anilines is 1. The van der Waals surface area contributed by atoms with Crippen LogP contribution in [0.15, 0.2) is 18.2 Å². The molecule has 0 spiro atoms. The Labute approximate surface area is 76.7 Å². The third-order valence-electron chi connectivity index (χ3n) is 1.92. The van der Waals surface area contributed by atoms with E-state index in [4.69, 9.17) is 5.73 Å². The summed E-state index contributed by atoms with van der Waals surface area (Å²) in [7, 11) is 0. The van der Waals surface area contributed by atoms with Crippen molar-refractivity contribution in [3.05, 3.63) is 23.8 Å². The van der Waals surface area contributed by atoms with E-state index in [1.165, 1.54) is 12.1 Å². The highest BCUT2D eigenvalue weighted by atomic mass is 19.4. The SMILES string of the molecule is Nc1n[nH]c2cccc(C(F)(F)F)c12. The van der Waals surface area contributed by atoms with Crippen molar-refractivity contribution in [3.63, 3.8) is 0 Å². The molecule has 6 heteroatoms. The molecule has 0 fully saturated rings. The van der Waals surface area contributed by atoms with Gasteiger partial charge in [0.25, 0.3) is 0 Å². The Morgan fingerprint density at radius 1 is 1.29 bits per heavy atom. The summed E-state index contributed by atoms with van der Waals surface area (Å²) in [6.45, 7) is 0. The van der Waals surface area contributed by atoms with Crippen molar-refractivity contribution in [1.29, 1.82) is 0 Å². The molecule has 0 aliphatic heterocycles. The topological polar surface area (TPSA) is 54.7 Å². The maximum Gasteiger partial charge on any atom is 0.417 e. The number of aromatic amines is 1. The number of halogens is 3. The zero-order chi connectivity index (χ0) is 10.3. The minimum absolute atomic E-state index is 0.0694. The summed E-state index contributed by atoms with van der Waals surface area (Å²) >= 11 is 0. The predicted molar refractivity (Wildman–Crippen MR) is 45.5 cm³/mol. The summed E-state index contributed by atoms with van der Waals surface area (Å²) in [6.07, 6.45) is -4.41. The van der Waals surface area contributed by atoms with Crippen LogP contribution in [0.4, 0.5) is 19.0 Å². The number of fused-ring (bicyclic) bond motifs is 1. The second-order valence-corrected chi connectivity index (χ2v) is 2.83. The van der Waals surface area contributed by atoms with Gasteiger partial charge in [0.1, 0.15) is 0 Å². The molecule has 0 atom stereocenters. The molecule has 0 saturated heterocycles. The van der Waals surface area contributed by atoms with Crippen LogP contribution < -0.4 is 5.73 Å². The average molecular weight is 201 g/mol. The number of alkyl halides is 3. The van der Waals surface area contributed by atoms with E-state index < -0.39 is 11.7 Å². The maximum absolute atomic E-state index is 12.5. The van der Waals surface area contributed by atoms with Gasteiger partial charge in [-0.05, 0) is 12.1 Å². The van der Waals surface area contributed by atoms with E-state index in [2.05, 4.69) is 10.2 Å². The lowest BCUT2D eigenvalue weighted by Crippen LogP contribution is -2.05. The Balaban J connectivity index is 2.82. The minimum atomic E-state index is -4.41. The summed E-state index contributed by atoms with van der Waals surface area (Å²) in [4.78, 5) is 0. The van der Waals surface area contributed by atoms with Gasteiger partial charge in [0.05, 0.1) is 16.5 Å². The van der Waals surface area contributed by atoms with Crippen LogP contribution in [-0.4, -0.2) is 10.2 Å². The molecule has 0 saturated carbocycles. The van der Waals surface area contributed by atoms with Gasteiger partial charge in [0.15, 0.2) is 5.82 Å². The number of nitrogens with one attached hydrogen (secondary N) is 1. The van der Waals surface area contributed by atoms with Gasteiger partial charge in [-0.15, -0.1) is 0 Å². The van der Waals surface area contributed by atoms with Crippen LogP contribution >= 0.6 is 0 Å². The Morgan fingerprint density at radius 2 is 2.00 bits per heavy atom. The Bertz CT molecular complexity index is 472. The van der Waals surface area contributed by atoms with Gasteiger partial charge in [0, 0.05) is 0 Å². The molecular weight excluding hydrogens is 195 g/mol. The zero-order valence-electron chi connectivity index (χ0n) is 6.89. The second-order valence-electron chi connectivity index (χ2n) is 2.83. The maximum atomic E-state index is 12.5. The molecule has 2 aromatic rings. The fraction of sp³-hybridized carbons (Fsp3) is 0.125. The molecule has 0 aliphatic rings. The molecule has 1 heterocycles. The number of nitrogens with two attached hydrogens (primary N) is 1. The van der Waals surface area contributed by atoms with Gasteiger partial charge in [-0.3, -0.25) is 5.10 Å². The molecule has 0 bridgehead atoms.